The summed E-state index contributed by atoms with van der Waals surface area (Å²) in [5, 5.41) is 0. The Morgan fingerprint density at radius 3 is 3.00 bits per heavy atom. The molecular weight excluding hydrogens is 186 g/mol. The maximum absolute atomic E-state index is 4.58. The summed E-state index contributed by atoms with van der Waals surface area (Å²) in [7, 11) is 0. The molecule has 1 aliphatic carbocycles. The quantitative estimate of drug-likeness (QED) is 0.811. The van der Waals surface area contributed by atoms with Crippen molar-refractivity contribution in [2.24, 2.45) is 5.92 Å². The molecule has 78 valence electrons. The normalized spacial score (nSPS) is 17.6. The molecule has 0 saturated heterocycles. The van der Waals surface area contributed by atoms with Crippen LogP contribution in [0.25, 0.3) is 11.0 Å². The van der Waals surface area contributed by atoms with Crippen molar-refractivity contribution < 1.29 is 0 Å². The van der Waals surface area contributed by atoms with Crippen molar-refractivity contribution in [2.45, 2.75) is 32.1 Å². The average Bonchev–Trinajstić information content (AvgIpc) is 2.86. The highest BCUT2D eigenvalue weighted by atomic mass is 14.9. The van der Waals surface area contributed by atoms with Gasteiger partial charge in [-0.2, -0.15) is 0 Å². The van der Waals surface area contributed by atoms with E-state index in [4.69, 9.17) is 0 Å². The molecule has 0 unspecified atom stereocenters. The molecule has 0 radical (unpaired) electrons. The van der Waals surface area contributed by atoms with Crippen molar-refractivity contribution in [1.29, 1.82) is 0 Å². The predicted molar refractivity (Wildman–Crippen MR) is 59.6 cm³/mol. The van der Waals surface area contributed by atoms with Gasteiger partial charge in [0.25, 0.3) is 0 Å². The van der Waals surface area contributed by atoms with Crippen molar-refractivity contribution in [1.82, 2.24) is 15.0 Å². The van der Waals surface area contributed by atoms with Gasteiger partial charge in [0.15, 0.2) is 0 Å². The van der Waals surface area contributed by atoms with Gasteiger partial charge in [0.05, 0.1) is 17.2 Å². The zero-order valence-corrected chi connectivity index (χ0v) is 8.74. The number of pyridine rings is 1. The number of hydrogen-bond donors (Lipinski definition) is 1. The van der Waals surface area contributed by atoms with E-state index in [-0.39, 0.29) is 0 Å². The zero-order valence-electron chi connectivity index (χ0n) is 8.74. The minimum absolute atomic E-state index is 0.846. The molecule has 1 fully saturated rings. The number of rotatable bonds is 2. The van der Waals surface area contributed by atoms with Crippen molar-refractivity contribution in [3.63, 3.8) is 0 Å². The SMILES string of the molecule is c1cc2nc(CC3CCCC3)[nH]c2cn1. The topological polar surface area (TPSA) is 41.6 Å². The number of fused-ring (bicyclic) bond motifs is 1. The van der Waals surface area contributed by atoms with Crippen LogP contribution in [0.15, 0.2) is 18.5 Å². The molecule has 0 amide bonds. The summed E-state index contributed by atoms with van der Waals surface area (Å²) in [6.07, 6.45) is 10.3. The first-order valence-corrected chi connectivity index (χ1v) is 5.70. The molecular formula is C12H15N3. The first-order valence-electron chi connectivity index (χ1n) is 5.70. The van der Waals surface area contributed by atoms with E-state index in [1.165, 1.54) is 25.7 Å². The Labute approximate surface area is 88.9 Å². The van der Waals surface area contributed by atoms with Crippen LogP contribution in [-0.2, 0) is 6.42 Å². The van der Waals surface area contributed by atoms with Gasteiger partial charge in [0.2, 0.25) is 0 Å². The van der Waals surface area contributed by atoms with Gasteiger partial charge < -0.3 is 4.98 Å². The van der Waals surface area contributed by atoms with Gasteiger partial charge in [-0.15, -0.1) is 0 Å². The van der Waals surface area contributed by atoms with Gasteiger partial charge in [-0.05, 0) is 12.0 Å². The van der Waals surface area contributed by atoms with Crippen LogP contribution in [0.2, 0.25) is 0 Å². The van der Waals surface area contributed by atoms with E-state index < -0.39 is 0 Å². The molecule has 1 aliphatic rings. The Morgan fingerprint density at radius 2 is 2.20 bits per heavy atom. The molecule has 3 heteroatoms. The molecule has 3 nitrogen and oxygen atoms in total. The standard InChI is InChI=1S/C12H15N3/c1-2-4-9(3-1)7-12-14-10-5-6-13-8-11(10)15-12/h5-6,8-9H,1-4,7H2,(H,14,15). The number of nitrogens with one attached hydrogen (secondary N) is 1. The van der Waals surface area contributed by atoms with Crippen LogP contribution in [0.1, 0.15) is 31.5 Å². The van der Waals surface area contributed by atoms with Crippen LogP contribution < -0.4 is 0 Å². The fraction of sp³-hybridized carbons (Fsp3) is 0.500. The van der Waals surface area contributed by atoms with Crippen molar-refractivity contribution in [3.05, 3.63) is 24.3 Å². The van der Waals surface area contributed by atoms with E-state index in [0.29, 0.717) is 0 Å². The Bertz CT molecular complexity index is 422. The van der Waals surface area contributed by atoms with E-state index in [9.17, 15) is 0 Å². The second kappa shape index (κ2) is 3.65. The van der Waals surface area contributed by atoms with Gasteiger partial charge in [-0.3, -0.25) is 4.98 Å². The molecule has 0 atom stereocenters. The maximum Gasteiger partial charge on any atom is 0.107 e. The Morgan fingerprint density at radius 1 is 1.33 bits per heavy atom. The molecule has 0 bridgehead atoms. The Balaban J connectivity index is 1.84. The van der Waals surface area contributed by atoms with E-state index in [0.717, 1.165) is 29.2 Å². The van der Waals surface area contributed by atoms with Crippen molar-refractivity contribution in [2.75, 3.05) is 0 Å². The maximum atomic E-state index is 4.58. The van der Waals surface area contributed by atoms with Crippen LogP contribution >= 0.6 is 0 Å². The van der Waals surface area contributed by atoms with Crippen LogP contribution in [0.4, 0.5) is 0 Å². The van der Waals surface area contributed by atoms with Gasteiger partial charge in [-0.1, -0.05) is 25.7 Å². The average molecular weight is 201 g/mol. The number of aromatic amines is 1. The van der Waals surface area contributed by atoms with Gasteiger partial charge >= 0.3 is 0 Å². The zero-order chi connectivity index (χ0) is 10.1. The third kappa shape index (κ3) is 1.74. The van der Waals surface area contributed by atoms with Crippen molar-refractivity contribution >= 4 is 11.0 Å². The molecule has 1 saturated carbocycles. The highest BCUT2D eigenvalue weighted by Gasteiger charge is 2.16. The molecule has 1 N–H and O–H groups in total. The smallest absolute Gasteiger partial charge is 0.107 e. The molecule has 0 spiro atoms. The number of H-pyrrole nitrogens is 1. The van der Waals surface area contributed by atoms with Gasteiger partial charge in [0.1, 0.15) is 5.82 Å². The van der Waals surface area contributed by atoms with Crippen LogP contribution in [0.3, 0.4) is 0 Å². The fourth-order valence-electron chi connectivity index (χ4n) is 2.49. The van der Waals surface area contributed by atoms with Gasteiger partial charge in [-0.25, -0.2) is 4.98 Å². The summed E-state index contributed by atoms with van der Waals surface area (Å²) in [6, 6.07) is 1.96. The van der Waals surface area contributed by atoms with E-state index in [2.05, 4.69) is 15.0 Å². The van der Waals surface area contributed by atoms with Crippen molar-refractivity contribution in [3.8, 4) is 0 Å². The highest BCUT2D eigenvalue weighted by Crippen LogP contribution is 2.27. The number of hydrogen-bond acceptors (Lipinski definition) is 2. The summed E-state index contributed by atoms with van der Waals surface area (Å²) in [5.41, 5.74) is 2.10. The van der Waals surface area contributed by atoms with Crippen LogP contribution in [0, 0.1) is 5.92 Å². The lowest BCUT2D eigenvalue weighted by molar-refractivity contribution is 0.534. The monoisotopic (exact) mass is 201 g/mol. The third-order valence-corrected chi connectivity index (χ3v) is 3.29. The predicted octanol–water partition coefficient (Wildman–Crippen LogP) is 2.69. The molecule has 2 heterocycles. The summed E-state index contributed by atoms with van der Waals surface area (Å²) >= 11 is 0. The first kappa shape index (κ1) is 8.89. The Hall–Kier alpha value is -1.38. The summed E-state index contributed by atoms with van der Waals surface area (Å²) in [6.45, 7) is 0. The summed E-state index contributed by atoms with van der Waals surface area (Å²) < 4.78 is 0. The molecule has 0 aliphatic heterocycles. The lowest BCUT2D eigenvalue weighted by atomic mass is 10.0. The van der Waals surface area contributed by atoms with Crippen LogP contribution in [-0.4, -0.2) is 15.0 Å². The van der Waals surface area contributed by atoms with E-state index in [1.807, 2.05) is 12.3 Å². The lowest BCUT2D eigenvalue weighted by Crippen LogP contribution is -2.00. The Kier molecular flexibility index (Phi) is 2.16. The number of nitrogens with zero attached hydrogens (tertiary/aromatic N) is 2. The molecule has 3 rings (SSSR count). The van der Waals surface area contributed by atoms with Crippen LogP contribution in [0.5, 0.6) is 0 Å². The summed E-state index contributed by atoms with van der Waals surface area (Å²) in [4.78, 5) is 12.0. The van der Waals surface area contributed by atoms with Gasteiger partial charge in [0, 0.05) is 12.6 Å². The lowest BCUT2D eigenvalue weighted by Gasteiger charge is -2.04. The number of aromatic nitrogens is 3. The second-order valence-corrected chi connectivity index (χ2v) is 4.43. The number of imidazole rings is 1. The second-order valence-electron chi connectivity index (χ2n) is 4.43. The minimum Gasteiger partial charge on any atom is -0.341 e. The summed E-state index contributed by atoms with van der Waals surface area (Å²) in [5.74, 6) is 1.98. The minimum atomic E-state index is 0.846. The fourth-order valence-corrected chi connectivity index (χ4v) is 2.49. The molecule has 15 heavy (non-hydrogen) atoms. The third-order valence-electron chi connectivity index (χ3n) is 3.29. The molecule has 0 aromatic carbocycles. The van der Waals surface area contributed by atoms with E-state index in [1.54, 1.807) is 6.20 Å². The first-order chi connectivity index (χ1) is 7.42. The highest BCUT2D eigenvalue weighted by molar-refractivity contribution is 5.73. The van der Waals surface area contributed by atoms with E-state index >= 15 is 0 Å². The molecule has 2 aromatic heterocycles. The molecule has 2 aromatic rings. The largest absolute Gasteiger partial charge is 0.341 e.